The van der Waals surface area contributed by atoms with E-state index in [2.05, 4.69) is 11.4 Å². The standard InChI is InChI=1S/C28H29N3O6/c32-24(29-18-17-28(36)37-31-26(34)15-16-27(31)35)11-5-6-12-25(33)30-19-22-9-2-1-7-20(22)13-14-21-8-3-4-10-23(21)30/h1-4,7-10,13-14H,5-6,11-12,15-19H2,(H,29,32)/b14-13-. The van der Waals surface area contributed by atoms with Gasteiger partial charge in [0.15, 0.2) is 0 Å². The number of rotatable bonds is 9. The van der Waals surface area contributed by atoms with Crippen LogP contribution in [0.2, 0.25) is 0 Å². The quantitative estimate of drug-likeness (QED) is 0.415. The number of fused-ring (bicyclic) bond motifs is 2. The van der Waals surface area contributed by atoms with Crippen LogP contribution in [0.1, 0.15) is 61.6 Å². The number of hydroxylamine groups is 2. The van der Waals surface area contributed by atoms with Gasteiger partial charge >= 0.3 is 5.97 Å². The van der Waals surface area contributed by atoms with E-state index in [1.807, 2.05) is 54.6 Å². The summed E-state index contributed by atoms with van der Waals surface area (Å²) in [6.45, 7) is 0.506. The Balaban J connectivity index is 1.21. The highest BCUT2D eigenvalue weighted by Crippen LogP contribution is 2.29. The van der Waals surface area contributed by atoms with Gasteiger partial charge in [-0.15, -0.1) is 5.06 Å². The number of carbonyl (C=O) groups is 5. The molecule has 2 aliphatic rings. The molecule has 4 rings (SSSR count). The Morgan fingerprint density at radius 2 is 1.46 bits per heavy atom. The van der Waals surface area contributed by atoms with Gasteiger partial charge in [0.05, 0.1) is 18.7 Å². The lowest BCUT2D eigenvalue weighted by Gasteiger charge is -2.27. The summed E-state index contributed by atoms with van der Waals surface area (Å²) in [4.78, 5) is 66.6. The molecule has 0 atom stereocenters. The number of benzene rings is 2. The molecule has 0 spiro atoms. The summed E-state index contributed by atoms with van der Waals surface area (Å²) in [5, 5.41) is 3.11. The normalized spacial score (nSPS) is 15.4. The van der Waals surface area contributed by atoms with E-state index in [1.54, 1.807) is 4.90 Å². The van der Waals surface area contributed by atoms with E-state index in [9.17, 15) is 24.0 Å². The third-order valence-corrected chi connectivity index (χ3v) is 6.25. The van der Waals surface area contributed by atoms with Crippen LogP contribution in [0, 0.1) is 0 Å². The number of hydrogen-bond acceptors (Lipinski definition) is 6. The minimum atomic E-state index is -0.764. The van der Waals surface area contributed by atoms with Crippen molar-refractivity contribution in [2.75, 3.05) is 11.4 Å². The van der Waals surface area contributed by atoms with Crippen LogP contribution in [0.15, 0.2) is 48.5 Å². The zero-order valence-electron chi connectivity index (χ0n) is 20.5. The first kappa shape index (κ1) is 25.8. The Kier molecular flexibility index (Phi) is 8.45. The van der Waals surface area contributed by atoms with Gasteiger partial charge < -0.3 is 15.1 Å². The summed E-state index contributed by atoms with van der Waals surface area (Å²) in [6.07, 6.45) is 5.57. The fourth-order valence-electron chi connectivity index (χ4n) is 4.27. The molecule has 0 bridgehead atoms. The monoisotopic (exact) mass is 503 g/mol. The smallest absolute Gasteiger partial charge is 0.334 e. The van der Waals surface area contributed by atoms with Crippen LogP contribution in [0.4, 0.5) is 5.69 Å². The number of nitrogens with zero attached hydrogens (tertiary/aromatic N) is 2. The molecule has 37 heavy (non-hydrogen) atoms. The van der Waals surface area contributed by atoms with E-state index < -0.39 is 17.8 Å². The summed E-state index contributed by atoms with van der Waals surface area (Å²) >= 11 is 0. The van der Waals surface area contributed by atoms with Gasteiger partial charge in [-0.2, -0.15) is 0 Å². The predicted octanol–water partition coefficient (Wildman–Crippen LogP) is 3.38. The number of nitrogens with one attached hydrogen (secondary N) is 1. The maximum absolute atomic E-state index is 13.2. The van der Waals surface area contributed by atoms with Gasteiger partial charge in [-0.25, -0.2) is 4.79 Å². The molecule has 2 heterocycles. The molecule has 1 saturated heterocycles. The summed E-state index contributed by atoms with van der Waals surface area (Å²) in [6, 6.07) is 15.8. The number of carbonyl (C=O) groups excluding carboxylic acids is 5. The summed E-state index contributed by atoms with van der Waals surface area (Å²) < 4.78 is 0. The number of hydrogen-bond donors (Lipinski definition) is 1. The fourth-order valence-corrected chi connectivity index (χ4v) is 4.27. The van der Waals surface area contributed by atoms with Crippen molar-refractivity contribution in [2.24, 2.45) is 0 Å². The molecule has 9 heteroatoms. The molecule has 1 fully saturated rings. The fraction of sp³-hybridized carbons (Fsp3) is 0.321. The van der Waals surface area contributed by atoms with Gasteiger partial charge in [-0.1, -0.05) is 54.6 Å². The molecule has 4 amide bonds. The maximum atomic E-state index is 13.2. The molecular formula is C28H29N3O6. The van der Waals surface area contributed by atoms with Gasteiger partial charge in [0.25, 0.3) is 11.8 Å². The summed E-state index contributed by atoms with van der Waals surface area (Å²) in [5.74, 6) is -2.11. The van der Waals surface area contributed by atoms with Gasteiger partial charge in [-0.3, -0.25) is 19.2 Å². The molecule has 192 valence electrons. The zero-order chi connectivity index (χ0) is 26.2. The lowest BCUT2D eigenvalue weighted by molar-refractivity contribution is -0.197. The van der Waals surface area contributed by atoms with E-state index in [1.165, 1.54) is 0 Å². The van der Waals surface area contributed by atoms with Gasteiger partial charge in [0.1, 0.15) is 0 Å². The van der Waals surface area contributed by atoms with Crippen molar-refractivity contribution in [3.05, 3.63) is 65.2 Å². The molecular weight excluding hydrogens is 474 g/mol. The topological polar surface area (TPSA) is 113 Å². The lowest BCUT2D eigenvalue weighted by atomic mass is 10.0. The maximum Gasteiger partial charge on any atom is 0.334 e. The minimum absolute atomic E-state index is 0.00767. The molecule has 0 saturated carbocycles. The third kappa shape index (κ3) is 6.69. The first-order valence-electron chi connectivity index (χ1n) is 12.4. The van der Waals surface area contributed by atoms with Crippen molar-refractivity contribution in [1.82, 2.24) is 10.4 Å². The number of imide groups is 1. The highest BCUT2D eigenvalue weighted by molar-refractivity contribution is 6.01. The van der Waals surface area contributed by atoms with Crippen LogP contribution >= 0.6 is 0 Å². The van der Waals surface area contributed by atoms with E-state index in [0.717, 1.165) is 22.4 Å². The van der Waals surface area contributed by atoms with Gasteiger partial charge in [0, 0.05) is 32.2 Å². The molecule has 9 nitrogen and oxygen atoms in total. The lowest BCUT2D eigenvalue weighted by Crippen LogP contribution is -2.33. The second-order valence-electron chi connectivity index (χ2n) is 8.92. The Morgan fingerprint density at radius 3 is 2.24 bits per heavy atom. The van der Waals surface area contributed by atoms with E-state index in [-0.39, 0.29) is 44.0 Å². The third-order valence-electron chi connectivity index (χ3n) is 6.25. The van der Waals surface area contributed by atoms with Crippen LogP contribution in [0.5, 0.6) is 0 Å². The van der Waals surface area contributed by atoms with Crippen molar-refractivity contribution in [3.8, 4) is 0 Å². The average molecular weight is 504 g/mol. The summed E-state index contributed by atoms with van der Waals surface area (Å²) in [7, 11) is 0. The van der Waals surface area contributed by atoms with E-state index in [4.69, 9.17) is 4.84 Å². The largest absolute Gasteiger partial charge is 0.356 e. The molecule has 2 aliphatic heterocycles. The molecule has 0 aromatic heterocycles. The van der Waals surface area contributed by atoms with Crippen LogP contribution in [-0.2, 0) is 35.4 Å². The van der Waals surface area contributed by atoms with Crippen LogP contribution in [0.25, 0.3) is 12.2 Å². The van der Waals surface area contributed by atoms with Crippen LogP contribution in [-0.4, -0.2) is 41.2 Å². The number of amides is 4. The second-order valence-corrected chi connectivity index (χ2v) is 8.92. The van der Waals surface area contributed by atoms with Crippen LogP contribution < -0.4 is 10.2 Å². The second kappa shape index (κ2) is 12.1. The van der Waals surface area contributed by atoms with Crippen molar-refractivity contribution in [2.45, 2.75) is 51.5 Å². The van der Waals surface area contributed by atoms with Crippen molar-refractivity contribution in [1.29, 1.82) is 0 Å². The highest BCUT2D eigenvalue weighted by atomic mass is 16.7. The summed E-state index contributed by atoms with van der Waals surface area (Å²) in [5.41, 5.74) is 3.98. The minimum Gasteiger partial charge on any atom is -0.356 e. The molecule has 0 aliphatic carbocycles. The number of unbranched alkanes of at least 4 members (excludes halogenated alkanes) is 1. The molecule has 1 N–H and O–H groups in total. The van der Waals surface area contributed by atoms with Gasteiger partial charge in [-0.05, 0) is 35.6 Å². The van der Waals surface area contributed by atoms with E-state index in [0.29, 0.717) is 30.9 Å². The molecule has 2 aromatic rings. The first-order valence-corrected chi connectivity index (χ1v) is 12.4. The Bertz CT molecular complexity index is 1220. The first-order chi connectivity index (χ1) is 17.9. The van der Waals surface area contributed by atoms with E-state index >= 15 is 0 Å². The SMILES string of the molecule is O=C(CCCCC(=O)N1Cc2ccccc2/C=C\c2ccccc21)NCCC(=O)ON1C(=O)CCC1=O. The number of para-hydroxylation sites is 1. The van der Waals surface area contributed by atoms with Crippen molar-refractivity contribution in [3.63, 3.8) is 0 Å². The van der Waals surface area contributed by atoms with Gasteiger partial charge in [0.2, 0.25) is 11.8 Å². The predicted molar refractivity (Wildman–Crippen MR) is 136 cm³/mol. The molecule has 0 unspecified atom stereocenters. The van der Waals surface area contributed by atoms with Crippen molar-refractivity contribution >= 4 is 47.4 Å². The average Bonchev–Trinajstić information content (AvgIpc) is 3.20. The number of anilines is 1. The Morgan fingerprint density at radius 1 is 0.811 bits per heavy atom. The molecule has 0 radical (unpaired) electrons. The van der Waals surface area contributed by atoms with Crippen LogP contribution in [0.3, 0.4) is 0 Å². The van der Waals surface area contributed by atoms with Crippen molar-refractivity contribution < 1.29 is 28.8 Å². The molecule has 2 aromatic carbocycles. The highest BCUT2D eigenvalue weighted by Gasteiger charge is 2.32. The zero-order valence-corrected chi connectivity index (χ0v) is 20.5. The Labute approximate surface area is 215 Å². The Hall–Kier alpha value is -4.27.